The maximum absolute atomic E-state index is 12.6. The number of benzene rings is 1. The highest BCUT2D eigenvalue weighted by Crippen LogP contribution is 2.14. The van der Waals surface area contributed by atoms with E-state index in [1.807, 2.05) is 56.9 Å². The topological polar surface area (TPSA) is 49.9 Å². The van der Waals surface area contributed by atoms with Gasteiger partial charge in [-0.3, -0.25) is 4.79 Å². The molecule has 0 spiro atoms. The van der Waals surface area contributed by atoms with Crippen molar-refractivity contribution in [2.45, 2.75) is 39.7 Å². The van der Waals surface area contributed by atoms with Gasteiger partial charge >= 0.3 is 6.09 Å². The van der Waals surface area contributed by atoms with Crippen molar-refractivity contribution in [1.82, 2.24) is 9.80 Å². The molecule has 126 valence electrons. The summed E-state index contributed by atoms with van der Waals surface area (Å²) in [6, 6.07) is 7.61. The molecule has 2 rings (SSSR count). The molecule has 1 aromatic carbocycles. The molecular formula is C18H26N2O3. The molecule has 1 aliphatic heterocycles. The van der Waals surface area contributed by atoms with Crippen LogP contribution < -0.4 is 0 Å². The Morgan fingerprint density at radius 3 is 2.35 bits per heavy atom. The predicted molar refractivity (Wildman–Crippen MR) is 89.5 cm³/mol. The summed E-state index contributed by atoms with van der Waals surface area (Å²) in [4.78, 5) is 28.3. The van der Waals surface area contributed by atoms with E-state index in [9.17, 15) is 9.59 Å². The maximum atomic E-state index is 12.6. The molecule has 0 atom stereocenters. The van der Waals surface area contributed by atoms with Crippen LogP contribution >= 0.6 is 0 Å². The Morgan fingerprint density at radius 1 is 1.04 bits per heavy atom. The van der Waals surface area contributed by atoms with E-state index in [0.717, 1.165) is 12.0 Å². The minimum Gasteiger partial charge on any atom is -0.444 e. The third-order valence-electron chi connectivity index (χ3n) is 3.70. The van der Waals surface area contributed by atoms with Crippen molar-refractivity contribution in [2.24, 2.45) is 0 Å². The van der Waals surface area contributed by atoms with Crippen LogP contribution in [0.4, 0.5) is 4.79 Å². The lowest BCUT2D eigenvalue weighted by molar-refractivity contribution is 0.0255. The lowest BCUT2D eigenvalue weighted by atomic mass is 10.1. The number of ether oxygens (including phenoxy) is 1. The smallest absolute Gasteiger partial charge is 0.410 e. The first kappa shape index (κ1) is 17.3. The van der Waals surface area contributed by atoms with Gasteiger partial charge in [-0.15, -0.1) is 0 Å². The Labute approximate surface area is 138 Å². The summed E-state index contributed by atoms with van der Waals surface area (Å²) in [6.07, 6.45) is 0.457. The van der Waals surface area contributed by atoms with Crippen LogP contribution in [0.3, 0.4) is 0 Å². The second-order valence-electron chi connectivity index (χ2n) is 6.98. The Bertz CT molecular complexity index is 578. The van der Waals surface area contributed by atoms with E-state index in [-0.39, 0.29) is 12.0 Å². The van der Waals surface area contributed by atoms with Crippen molar-refractivity contribution in [2.75, 3.05) is 26.2 Å². The molecule has 23 heavy (non-hydrogen) atoms. The largest absolute Gasteiger partial charge is 0.444 e. The van der Waals surface area contributed by atoms with E-state index in [0.29, 0.717) is 31.7 Å². The van der Waals surface area contributed by atoms with Gasteiger partial charge in [-0.1, -0.05) is 17.7 Å². The van der Waals surface area contributed by atoms with Gasteiger partial charge in [0.2, 0.25) is 0 Å². The van der Waals surface area contributed by atoms with Crippen LogP contribution in [0.25, 0.3) is 0 Å². The lowest BCUT2D eigenvalue weighted by Crippen LogP contribution is -2.40. The van der Waals surface area contributed by atoms with Gasteiger partial charge in [-0.05, 0) is 46.2 Å². The monoisotopic (exact) mass is 318 g/mol. The zero-order valence-electron chi connectivity index (χ0n) is 14.5. The minimum atomic E-state index is -0.500. The van der Waals surface area contributed by atoms with Gasteiger partial charge in [0.05, 0.1) is 0 Å². The molecule has 0 radical (unpaired) electrons. The molecule has 0 unspecified atom stereocenters. The van der Waals surface area contributed by atoms with Crippen molar-refractivity contribution in [3.8, 4) is 0 Å². The van der Waals surface area contributed by atoms with Crippen molar-refractivity contribution < 1.29 is 14.3 Å². The fourth-order valence-corrected chi connectivity index (χ4v) is 2.59. The number of carbonyl (C=O) groups excluding carboxylic acids is 2. The average Bonchev–Trinajstić information content (AvgIpc) is 2.70. The summed E-state index contributed by atoms with van der Waals surface area (Å²) in [5.41, 5.74) is 1.28. The third kappa shape index (κ3) is 4.98. The van der Waals surface area contributed by atoms with E-state index in [1.54, 1.807) is 4.90 Å². The average molecular weight is 318 g/mol. The summed E-state index contributed by atoms with van der Waals surface area (Å²) in [7, 11) is 0. The van der Waals surface area contributed by atoms with E-state index < -0.39 is 5.60 Å². The number of carbonyl (C=O) groups is 2. The van der Waals surface area contributed by atoms with Gasteiger partial charge in [0.1, 0.15) is 5.60 Å². The molecule has 5 heteroatoms. The van der Waals surface area contributed by atoms with Gasteiger partial charge in [-0.25, -0.2) is 4.79 Å². The zero-order valence-corrected chi connectivity index (χ0v) is 14.5. The number of hydrogen-bond acceptors (Lipinski definition) is 3. The number of amides is 2. The zero-order chi connectivity index (χ0) is 17.0. The second-order valence-corrected chi connectivity index (χ2v) is 6.98. The van der Waals surface area contributed by atoms with Crippen molar-refractivity contribution >= 4 is 12.0 Å². The Morgan fingerprint density at radius 2 is 1.70 bits per heavy atom. The molecule has 5 nitrogen and oxygen atoms in total. The van der Waals surface area contributed by atoms with Gasteiger partial charge in [-0.2, -0.15) is 0 Å². The van der Waals surface area contributed by atoms with Crippen molar-refractivity contribution in [1.29, 1.82) is 0 Å². The first-order valence-corrected chi connectivity index (χ1v) is 8.10. The van der Waals surface area contributed by atoms with Gasteiger partial charge in [0.25, 0.3) is 5.91 Å². The fourth-order valence-electron chi connectivity index (χ4n) is 2.59. The van der Waals surface area contributed by atoms with Crippen LogP contribution in [0.5, 0.6) is 0 Å². The van der Waals surface area contributed by atoms with Crippen LogP contribution in [0.2, 0.25) is 0 Å². The Balaban J connectivity index is 1.98. The van der Waals surface area contributed by atoms with Gasteiger partial charge in [0.15, 0.2) is 0 Å². The van der Waals surface area contributed by atoms with Gasteiger partial charge in [0, 0.05) is 31.7 Å². The minimum absolute atomic E-state index is 0.0275. The van der Waals surface area contributed by atoms with E-state index in [2.05, 4.69) is 0 Å². The van der Waals surface area contributed by atoms with E-state index >= 15 is 0 Å². The van der Waals surface area contributed by atoms with Crippen LogP contribution in [-0.4, -0.2) is 53.6 Å². The normalized spacial score (nSPS) is 16.0. The standard InChI is InChI=1S/C18H26N2O3/c1-14-7-5-8-15(13-14)16(21)19-9-6-10-20(12-11-19)17(22)23-18(2,3)4/h5,7-8,13H,6,9-12H2,1-4H3. The molecule has 1 fully saturated rings. The molecule has 2 amide bonds. The van der Waals surface area contributed by atoms with Crippen LogP contribution in [0, 0.1) is 6.92 Å². The van der Waals surface area contributed by atoms with E-state index in [4.69, 9.17) is 4.74 Å². The number of nitrogens with zero attached hydrogens (tertiary/aromatic N) is 2. The predicted octanol–water partition coefficient (Wildman–Crippen LogP) is 3.08. The Hall–Kier alpha value is -2.04. The summed E-state index contributed by atoms with van der Waals surface area (Å²) in [5.74, 6) is 0.0275. The number of rotatable bonds is 1. The molecule has 1 heterocycles. The molecule has 0 aromatic heterocycles. The highest BCUT2D eigenvalue weighted by Gasteiger charge is 2.26. The molecule has 0 aliphatic carbocycles. The fraction of sp³-hybridized carbons (Fsp3) is 0.556. The summed E-state index contributed by atoms with van der Waals surface area (Å²) < 4.78 is 5.41. The quantitative estimate of drug-likeness (QED) is 0.799. The number of aryl methyl sites for hydroxylation is 1. The third-order valence-corrected chi connectivity index (χ3v) is 3.70. The summed E-state index contributed by atoms with van der Waals surface area (Å²) in [5, 5.41) is 0. The van der Waals surface area contributed by atoms with E-state index in [1.165, 1.54) is 0 Å². The van der Waals surface area contributed by atoms with Crippen LogP contribution in [0.15, 0.2) is 24.3 Å². The summed E-state index contributed by atoms with van der Waals surface area (Å²) >= 11 is 0. The van der Waals surface area contributed by atoms with Crippen LogP contribution in [-0.2, 0) is 4.74 Å². The Kier molecular flexibility index (Phi) is 5.29. The summed E-state index contributed by atoms with van der Waals surface area (Å²) in [6.45, 7) is 9.86. The first-order valence-electron chi connectivity index (χ1n) is 8.10. The SMILES string of the molecule is Cc1cccc(C(=O)N2CCCN(C(=O)OC(C)(C)C)CC2)c1. The highest BCUT2D eigenvalue weighted by molar-refractivity contribution is 5.94. The molecule has 0 bridgehead atoms. The van der Waals surface area contributed by atoms with Crippen molar-refractivity contribution in [3.05, 3.63) is 35.4 Å². The molecule has 0 N–H and O–H groups in total. The molecule has 1 saturated heterocycles. The second kappa shape index (κ2) is 7.02. The molecule has 1 aliphatic rings. The molecular weight excluding hydrogens is 292 g/mol. The van der Waals surface area contributed by atoms with Crippen molar-refractivity contribution in [3.63, 3.8) is 0 Å². The highest BCUT2D eigenvalue weighted by atomic mass is 16.6. The molecule has 1 aromatic rings. The van der Waals surface area contributed by atoms with Gasteiger partial charge < -0.3 is 14.5 Å². The maximum Gasteiger partial charge on any atom is 0.410 e. The first-order chi connectivity index (χ1) is 10.8. The molecule has 0 saturated carbocycles. The number of hydrogen-bond donors (Lipinski definition) is 0. The van der Waals surface area contributed by atoms with Crippen LogP contribution in [0.1, 0.15) is 43.1 Å². The lowest BCUT2D eigenvalue weighted by Gasteiger charge is -2.26.